The molecule has 2 aromatic rings. The van der Waals surface area contributed by atoms with Gasteiger partial charge in [0.25, 0.3) is 0 Å². The smallest absolute Gasteiger partial charge is 0.195 e. The van der Waals surface area contributed by atoms with Gasteiger partial charge in [-0.25, -0.2) is 4.98 Å². The maximum Gasteiger partial charge on any atom is 0.195 e. The predicted octanol–water partition coefficient (Wildman–Crippen LogP) is 1.88. The summed E-state index contributed by atoms with van der Waals surface area (Å²) >= 11 is 1.61. The number of aliphatic hydroxyl groups excluding tert-OH is 1. The van der Waals surface area contributed by atoms with Gasteiger partial charge in [-0.05, 0) is 19.3 Å². The minimum absolute atomic E-state index is 0.0459. The Labute approximate surface area is 98.1 Å². The molecule has 0 bridgehead atoms. The summed E-state index contributed by atoms with van der Waals surface area (Å²) in [7, 11) is 2.08. The van der Waals surface area contributed by atoms with Gasteiger partial charge in [-0.3, -0.25) is 4.40 Å². The number of imidazole rings is 1. The molecule has 0 amide bonds. The Bertz CT molecular complexity index is 500. The zero-order valence-electron chi connectivity index (χ0n) is 9.26. The predicted molar refractivity (Wildman–Crippen MR) is 65.0 cm³/mol. The molecule has 1 fully saturated rings. The molecule has 0 radical (unpaired) electrons. The molecule has 0 aliphatic heterocycles. The summed E-state index contributed by atoms with van der Waals surface area (Å²) < 4.78 is 1.98. The highest BCUT2D eigenvalue weighted by molar-refractivity contribution is 7.15. The van der Waals surface area contributed by atoms with Crippen LogP contribution in [0.5, 0.6) is 0 Å². The number of aliphatic hydroxyl groups is 1. The number of rotatable bonds is 3. The molecular weight excluding hydrogens is 222 g/mol. The molecule has 0 unspecified atom stereocenters. The van der Waals surface area contributed by atoms with E-state index in [1.807, 2.05) is 16.0 Å². The number of aromatic nitrogens is 2. The summed E-state index contributed by atoms with van der Waals surface area (Å²) in [5.74, 6) is 0.944. The van der Waals surface area contributed by atoms with Gasteiger partial charge >= 0.3 is 0 Å². The van der Waals surface area contributed by atoms with Crippen LogP contribution in [0.4, 0.5) is 5.82 Å². The van der Waals surface area contributed by atoms with Crippen LogP contribution in [-0.4, -0.2) is 27.6 Å². The SMILES string of the molecule is CN(c1nc2sccn2c1CO)C1CCC1. The maximum absolute atomic E-state index is 9.46. The minimum Gasteiger partial charge on any atom is -0.390 e. The van der Waals surface area contributed by atoms with Gasteiger partial charge in [0, 0.05) is 24.7 Å². The Morgan fingerprint density at radius 1 is 1.62 bits per heavy atom. The van der Waals surface area contributed by atoms with Crippen molar-refractivity contribution in [2.75, 3.05) is 11.9 Å². The van der Waals surface area contributed by atoms with Gasteiger partial charge in [-0.15, -0.1) is 11.3 Å². The van der Waals surface area contributed by atoms with Crippen molar-refractivity contribution in [3.8, 4) is 0 Å². The average Bonchev–Trinajstić information content (AvgIpc) is 2.72. The molecule has 1 aliphatic carbocycles. The fraction of sp³-hybridized carbons (Fsp3) is 0.545. The Morgan fingerprint density at radius 3 is 3.06 bits per heavy atom. The Morgan fingerprint density at radius 2 is 2.44 bits per heavy atom. The van der Waals surface area contributed by atoms with Gasteiger partial charge in [0.15, 0.2) is 10.8 Å². The zero-order valence-corrected chi connectivity index (χ0v) is 10.1. The van der Waals surface area contributed by atoms with Crippen molar-refractivity contribution in [1.82, 2.24) is 9.38 Å². The summed E-state index contributed by atoms with van der Waals surface area (Å²) in [4.78, 5) is 7.77. The molecule has 86 valence electrons. The van der Waals surface area contributed by atoms with E-state index in [0.29, 0.717) is 6.04 Å². The minimum atomic E-state index is 0.0459. The third-order valence-corrected chi connectivity index (χ3v) is 4.20. The Hall–Kier alpha value is -1.07. The average molecular weight is 237 g/mol. The van der Waals surface area contributed by atoms with Crippen molar-refractivity contribution in [2.45, 2.75) is 31.9 Å². The fourth-order valence-corrected chi connectivity index (χ4v) is 2.93. The summed E-state index contributed by atoms with van der Waals surface area (Å²) in [6.45, 7) is 0.0459. The van der Waals surface area contributed by atoms with Gasteiger partial charge in [0.2, 0.25) is 0 Å². The standard InChI is InChI=1S/C11H15N3OS/c1-13(8-3-2-4-8)10-9(7-15)14-5-6-16-11(14)12-10/h5-6,8,15H,2-4,7H2,1H3. The first-order valence-electron chi connectivity index (χ1n) is 5.59. The quantitative estimate of drug-likeness (QED) is 0.886. The fourth-order valence-electron chi connectivity index (χ4n) is 2.20. The third-order valence-electron chi connectivity index (χ3n) is 3.45. The summed E-state index contributed by atoms with van der Waals surface area (Å²) in [5, 5.41) is 11.5. The van der Waals surface area contributed by atoms with E-state index in [1.165, 1.54) is 19.3 Å². The molecule has 2 heterocycles. The Balaban J connectivity index is 2.03. The van der Waals surface area contributed by atoms with E-state index in [-0.39, 0.29) is 6.61 Å². The number of anilines is 1. The van der Waals surface area contributed by atoms with Crippen molar-refractivity contribution >= 4 is 22.1 Å². The lowest BCUT2D eigenvalue weighted by molar-refractivity contribution is 0.275. The van der Waals surface area contributed by atoms with Gasteiger partial charge in [0.05, 0.1) is 12.3 Å². The van der Waals surface area contributed by atoms with Crippen LogP contribution in [0.25, 0.3) is 4.96 Å². The van der Waals surface area contributed by atoms with Crippen molar-refractivity contribution in [2.24, 2.45) is 0 Å². The highest BCUT2D eigenvalue weighted by atomic mass is 32.1. The van der Waals surface area contributed by atoms with Gasteiger partial charge in [0.1, 0.15) is 0 Å². The molecule has 1 aliphatic rings. The number of hydrogen-bond donors (Lipinski definition) is 1. The van der Waals surface area contributed by atoms with Gasteiger partial charge < -0.3 is 10.0 Å². The topological polar surface area (TPSA) is 40.8 Å². The Kier molecular flexibility index (Phi) is 2.37. The molecule has 0 saturated heterocycles. The van der Waals surface area contributed by atoms with Crippen LogP contribution in [0.15, 0.2) is 11.6 Å². The maximum atomic E-state index is 9.46. The van der Waals surface area contributed by atoms with Crippen molar-refractivity contribution < 1.29 is 5.11 Å². The number of thiazole rings is 1. The van der Waals surface area contributed by atoms with Crippen LogP contribution in [0, 0.1) is 0 Å². The summed E-state index contributed by atoms with van der Waals surface area (Å²) in [6, 6.07) is 0.606. The lowest BCUT2D eigenvalue weighted by atomic mass is 9.92. The largest absolute Gasteiger partial charge is 0.390 e. The van der Waals surface area contributed by atoms with Crippen LogP contribution in [0.1, 0.15) is 25.0 Å². The second kappa shape index (κ2) is 3.75. The molecule has 0 atom stereocenters. The highest BCUT2D eigenvalue weighted by Gasteiger charge is 2.26. The van der Waals surface area contributed by atoms with Crippen molar-refractivity contribution in [3.63, 3.8) is 0 Å². The third kappa shape index (κ3) is 1.35. The molecule has 4 nitrogen and oxygen atoms in total. The highest BCUT2D eigenvalue weighted by Crippen LogP contribution is 2.31. The van der Waals surface area contributed by atoms with E-state index in [2.05, 4.69) is 16.9 Å². The van der Waals surface area contributed by atoms with Gasteiger partial charge in [-0.2, -0.15) is 0 Å². The molecule has 0 spiro atoms. The second-order valence-electron chi connectivity index (χ2n) is 4.29. The van der Waals surface area contributed by atoms with Crippen molar-refractivity contribution in [1.29, 1.82) is 0 Å². The first kappa shape index (κ1) is 10.1. The van der Waals surface area contributed by atoms with E-state index in [0.717, 1.165) is 16.5 Å². The number of hydrogen-bond acceptors (Lipinski definition) is 4. The molecular formula is C11H15N3OS. The first-order valence-corrected chi connectivity index (χ1v) is 6.47. The molecule has 16 heavy (non-hydrogen) atoms. The molecule has 1 N–H and O–H groups in total. The monoisotopic (exact) mass is 237 g/mol. The summed E-state index contributed by atoms with van der Waals surface area (Å²) in [5.41, 5.74) is 0.908. The molecule has 3 rings (SSSR count). The van der Waals surface area contributed by atoms with Crippen LogP contribution >= 0.6 is 11.3 Å². The molecule has 0 aromatic carbocycles. The van der Waals surface area contributed by atoms with Crippen LogP contribution < -0.4 is 4.90 Å². The van der Waals surface area contributed by atoms with Gasteiger partial charge in [-0.1, -0.05) is 0 Å². The molecule has 2 aromatic heterocycles. The number of nitrogens with zero attached hydrogens (tertiary/aromatic N) is 3. The van der Waals surface area contributed by atoms with E-state index in [1.54, 1.807) is 11.3 Å². The second-order valence-corrected chi connectivity index (χ2v) is 5.16. The van der Waals surface area contributed by atoms with Crippen LogP contribution in [0.2, 0.25) is 0 Å². The van der Waals surface area contributed by atoms with E-state index < -0.39 is 0 Å². The van der Waals surface area contributed by atoms with E-state index in [9.17, 15) is 5.11 Å². The number of fused-ring (bicyclic) bond motifs is 1. The van der Waals surface area contributed by atoms with E-state index >= 15 is 0 Å². The van der Waals surface area contributed by atoms with E-state index in [4.69, 9.17) is 0 Å². The first-order chi connectivity index (χ1) is 7.81. The lowest BCUT2D eigenvalue weighted by Gasteiger charge is -2.35. The molecule has 1 saturated carbocycles. The van der Waals surface area contributed by atoms with Crippen molar-refractivity contribution in [3.05, 3.63) is 17.3 Å². The summed E-state index contributed by atoms with van der Waals surface area (Å²) in [6.07, 6.45) is 5.77. The van der Waals surface area contributed by atoms with Crippen LogP contribution in [-0.2, 0) is 6.61 Å². The molecule has 5 heteroatoms. The zero-order chi connectivity index (χ0) is 11.1. The van der Waals surface area contributed by atoms with Crippen LogP contribution in [0.3, 0.4) is 0 Å². The lowest BCUT2D eigenvalue weighted by Crippen LogP contribution is -2.37. The normalized spacial score (nSPS) is 16.6.